The highest BCUT2D eigenvalue weighted by Gasteiger charge is 2.39. The Balaban J connectivity index is 1.82. The van der Waals surface area contributed by atoms with Crippen LogP contribution in [0.15, 0.2) is 57.6 Å². The second kappa shape index (κ2) is 6.92. The number of hydrogen-bond donors (Lipinski definition) is 0. The van der Waals surface area contributed by atoms with Gasteiger partial charge in [-0.3, -0.25) is 4.79 Å². The number of nitrogens with zero attached hydrogens (tertiary/aromatic N) is 2. The average Bonchev–Trinajstić information content (AvgIpc) is 3.35. The largest absolute Gasteiger partial charge is 0.467 e. The number of carbonyl (C=O) groups is 2. The van der Waals surface area contributed by atoms with E-state index in [1.807, 2.05) is 36.2 Å². The van der Waals surface area contributed by atoms with Gasteiger partial charge in [0.1, 0.15) is 22.8 Å². The van der Waals surface area contributed by atoms with Crippen molar-refractivity contribution in [3.8, 4) is 0 Å². The van der Waals surface area contributed by atoms with Crippen LogP contribution in [0.3, 0.4) is 0 Å². The second-order valence-corrected chi connectivity index (χ2v) is 6.62. The van der Waals surface area contributed by atoms with E-state index in [0.717, 1.165) is 5.69 Å². The van der Waals surface area contributed by atoms with Gasteiger partial charge in [-0.2, -0.15) is 0 Å². The maximum Gasteiger partial charge on any atom is 0.341 e. The number of fused-ring (bicyclic) bond motifs is 1. The van der Waals surface area contributed by atoms with Crippen molar-refractivity contribution >= 4 is 17.6 Å². The summed E-state index contributed by atoms with van der Waals surface area (Å²) in [7, 11) is 3.21. The number of rotatable bonds is 4. The number of benzene rings is 1. The number of aryl methyl sites for hydroxylation is 1. The van der Waals surface area contributed by atoms with Gasteiger partial charge in [0.2, 0.25) is 0 Å². The van der Waals surface area contributed by atoms with Crippen LogP contribution in [0.5, 0.6) is 0 Å². The predicted octanol–water partition coefficient (Wildman–Crippen LogP) is 3.76. The molecule has 7 heteroatoms. The van der Waals surface area contributed by atoms with Crippen LogP contribution in [0.2, 0.25) is 0 Å². The quantitative estimate of drug-likeness (QED) is 0.642. The number of hydrogen-bond acceptors (Lipinski definition) is 6. The first-order valence-electron chi connectivity index (χ1n) is 8.85. The molecule has 0 fully saturated rings. The summed E-state index contributed by atoms with van der Waals surface area (Å²) in [6, 6.07) is 12.6. The van der Waals surface area contributed by atoms with Crippen molar-refractivity contribution in [3.63, 3.8) is 0 Å². The third-order valence-electron chi connectivity index (χ3n) is 4.94. The molecule has 0 N–H and O–H groups in total. The van der Waals surface area contributed by atoms with Crippen molar-refractivity contribution in [3.05, 3.63) is 77.1 Å². The van der Waals surface area contributed by atoms with E-state index in [-0.39, 0.29) is 12.5 Å². The van der Waals surface area contributed by atoms with Gasteiger partial charge in [0.25, 0.3) is 5.91 Å². The van der Waals surface area contributed by atoms with Gasteiger partial charge in [0.05, 0.1) is 31.2 Å². The summed E-state index contributed by atoms with van der Waals surface area (Å²) in [4.78, 5) is 28.9. The van der Waals surface area contributed by atoms with Crippen molar-refractivity contribution in [2.24, 2.45) is 0 Å². The smallest absolute Gasteiger partial charge is 0.341 e. The summed E-state index contributed by atoms with van der Waals surface area (Å²) in [6.45, 7) is 1.97. The molecule has 0 radical (unpaired) electrons. The summed E-state index contributed by atoms with van der Waals surface area (Å²) in [5.41, 5.74) is 1.74. The monoisotopic (exact) mass is 380 g/mol. The first-order valence-corrected chi connectivity index (χ1v) is 8.85. The Kier molecular flexibility index (Phi) is 4.43. The summed E-state index contributed by atoms with van der Waals surface area (Å²) in [5.74, 6) is 0.968. The highest BCUT2D eigenvalue weighted by molar-refractivity contribution is 6.02. The molecule has 144 valence electrons. The van der Waals surface area contributed by atoms with Crippen molar-refractivity contribution in [1.82, 2.24) is 4.90 Å². The molecule has 2 aromatic heterocycles. The van der Waals surface area contributed by atoms with Crippen LogP contribution in [0.4, 0.5) is 5.69 Å². The van der Waals surface area contributed by atoms with Gasteiger partial charge in [0, 0.05) is 7.05 Å². The van der Waals surface area contributed by atoms with Crippen LogP contribution in [-0.2, 0) is 11.3 Å². The normalized spacial score (nSPS) is 16.2. The molecule has 1 atom stereocenters. The van der Waals surface area contributed by atoms with Gasteiger partial charge in [-0.1, -0.05) is 12.1 Å². The van der Waals surface area contributed by atoms with E-state index in [1.165, 1.54) is 7.11 Å². The molecule has 3 heterocycles. The first kappa shape index (κ1) is 17.9. The van der Waals surface area contributed by atoms with Crippen LogP contribution in [0.1, 0.15) is 44.2 Å². The van der Waals surface area contributed by atoms with Crippen LogP contribution < -0.4 is 4.90 Å². The lowest BCUT2D eigenvalue weighted by molar-refractivity contribution is 0.0586. The zero-order chi connectivity index (χ0) is 19.8. The molecule has 7 nitrogen and oxygen atoms in total. The highest BCUT2D eigenvalue weighted by atomic mass is 16.5. The minimum atomic E-state index is -0.537. The van der Waals surface area contributed by atoms with E-state index < -0.39 is 12.1 Å². The average molecular weight is 380 g/mol. The van der Waals surface area contributed by atoms with Crippen LogP contribution in [0.25, 0.3) is 0 Å². The van der Waals surface area contributed by atoms with E-state index in [4.69, 9.17) is 13.6 Å². The van der Waals surface area contributed by atoms with E-state index >= 15 is 0 Å². The van der Waals surface area contributed by atoms with Gasteiger partial charge in [-0.05, 0) is 37.3 Å². The number of amides is 1. The Morgan fingerprint density at radius 2 is 2.00 bits per heavy atom. The second-order valence-electron chi connectivity index (χ2n) is 6.62. The molecular weight excluding hydrogens is 360 g/mol. The van der Waals surface area contributed by atoms with Crippen molar-refractivity contribution in [2.75, 3.05) is 19.1 Å². The molecule has 1 aliphatic rings. The fraction of sp³-hybridized carbons (Fsp3) is 0.238. The fourth-order valence-corrected chi connectivity index (χ4v) is 3.59. The third-order valence-corrected chi connectivity index (χ3v) is 4.94. The van der Waals surface area contributed by atoms with Gasteiger partial charge in [0.15, 0.2) is 6.17 Å². The summed E-state index contributed by atoms with van der Waals surface area (Å²) in [6.07, 6.45) is 1.03. The standard InChI is InChI=1S/C21H20N2O5/c1-13-16(21(25)26-3)11-18(28-13)19-22(2)17-9-5-4-8-15(17)20(24)23(19)12-14-7-6-10-27-14/h4-11,19H,12H2,1-3H3. The number of esters is 1. The fourth-order valence-electron chi connectivity index (χ4n) is 3.59. The van der Waals surface area contributed by atoms with Crippen molar-refractivity contribution in [2.45, 2.75) is 19.6 Å². The molecule has 0 aliphatic carbocycles. The lowest BCUT2D eigenvalue weighted by Gasteiger charge is -2.42. The number of para-hydroxylation sites is 1. The van der Waals surface area contributed by atoms with E-state index in [1.54, 1.807) is 36.3 Å². The lowest BCUT2D eigenvalue weighted by atomic mass is 10.0. The molecule has 1 unspecified atom stereocenters. The maximum absolute atomic E-state index is 13.3. The van der Waals surface area contributed by atoms with E-state index in [2.05, 4.69) is 0 Å². The SMILES string of the molecule is COC(=O)c1cc(C2N(Cc3ccco3)C(=O)c3ccccc3N2C)oc1C. The molecule has 4 rings (SSSR count). The van der Waals surface area contributed by atoms with E-state index in [9.17, 15) is 9.59 Å². The van der Waals surface area contributed by atoms with Crippen molar-refractivity contribution < 1.29 is 23.2 Å². The molecule has 0 saturated carbocycles. The molecule has 0 spiro atoms. The third kappa shape index (κ3) is 2.85. The summed E-state index contributed by atoms with van der Waals surface area (Å²) < 4.78 is 16.2. The van der Waals surface area contributed by atoms with Crippen LogP contribution in [0, 0.1) is 6.92 Å². The lowest BCUT2D eigenvalue weighted by Crippen LogP contribution is -2.47. The molecule has 1 amide bonds. The number of methoxy groups -OCH3 is 1. The van der Waals surface area contributed by atoms with Gasteiger partial charge >= 0.3 is 5.97 Å². The van der Waals surface area contributed by atoms with Gasteiger partial charge < -0.3 is 23.4 Å². The number of ether oxygens (including phenoxy) is 1. The zero-order valence-electron chi connectivity index (χ0n) is 15.8. The Bertz CT molecular complexity index is 1020. The van der Waals surface area contributed by atoms with Crippen LogP contribution >= 0.6 is 0 Å². The molecule has 3 aromatic rings. The maximum atomic E-state index is 13.3. The molecule has 1 aromatic carbocycles. The topological polar surface area (TPSA) is 76.1 Å². The Morgan fingerprint density at radius 3 is 2.71 bits per heavy atom. The molecule has 28 heavy (non-hydrogen) atoms. The van der Waals surface area contributed by atoms with Crippen molar-refractivity contribution in [1.29, 1.82) is 0 Å². The Hall–Kier alpha value is -3.48. The Labute approximate surface area is 162 Å². The van der Waals surface area contributed by atoms with Gasteiger partial charge in [-0.25, -0.2) is 4.79 Å². The predicted molar refractivity (Wildman–Crippen MR) is 101 cm³/mol. The number of anilines is 1. The highest BCUT2D eigenvalue weighted by Crippen LogP contribution is 2.39. The van der Waals surface area contributed by atoms with Gasteiger partial charge in [-0.15, -0.1) is 0 Å². The summed E-state index contributed by atoms with van der Waals surface area (Å²) in [5, 5.41) is 0. The molecule has 0 bridgehead atoms. The summed E-state index contributed by atoms with van der Waals surface area (Å²) >= 11 is 0. The first-order chi connectivity index (χ1) is 13.5. The zero-order valence-corrected chi connectivity index (χ0v) is 15.8. The minimum absolute atomic E-state index is 0.135. The van der Waals surface area contributed by atoms with Crippen LogP contribution in [-0.4, -0.2) is 30.9 Å². The number of carbonyl (C=O) groups excluding carboxylic acids is 2. The number of furan rings is 2. The molecule has 0 saturated heterocycles. The molecular formula is C21H20N2O5. The Morgan fingerprint density at radius 1 is 1.21 bits per heavy atom. The minimum Gasteiger partial charge on any atom is -0.467 e. The molecule has 1 aliphatic heterocycles. The van der Waals surface area contributed by atoms with E-state index in [0.29, 0.717) is 28.4 Å².